The first-order valence-electron chi connectivity index (χ1n) is 7.55. The van der Waals surface area contributed by atoms with Crippen LogP contribution in [0.3, 0.4) is 0 Å². The summed E-state index contributed by atoms with van der Waals surface area (Å²) in [5, 5.41) is 0.557. The van der Waals surface area contributed by atoms with Crippen LogP contribution in [0.2, 0.25) is 5.02 Å². The van der Waals surface area contributed by atoms with Gasteiger partial charge in [-0.3, -0.25) is 8.98 Å². The number of carbonyl (C=O) groups excluding carboxylic acids is 1. The van der Waals surface area contributed by atoms with Gasteiger partial charge in [-0.1, -0.05) is 48.0 Å². The minimum Gasteiger partial charge on any atom is -0.293 e. The van der Waals surface area contributed by atoms with Crippen molar-refractivity contribution >= 4 is 27.5 Å². The minimum atomic E-state index is -3.66. The molecule has 0 N–H and O–H groups in total. The van der Waals surface area contributed by atoms with Crippen molar-refractivity contribution in [2.75, 3.05) is 12.9 Å². The third-order valence-electron chi connectivity index (χ3n) is 4.43. The van der Waals surface area contributed by atoms with Gasteiger partial charge in [0.25, 0.3) is 10.1 Å². The van der Waals surface area contributed by atoms with E-state index in [4.69, 9.17) is 15.8 Å². The van der Waals surface area contributed by atoms with E-state index in [0.717, 1.165) is 17.4 Å². The van der Waals surface area contributed by atoms with Gasteiger partial charge in [0.2, 0.25) is 0 Å². The number of fused-ring (bicyclic) bond motifs is 1. The fourth-order valence-electron chi connectivity index (χ4n) is 3.15. The third-order valence-corrected chi connectivity index (χ3v) is 5.23. The number of hydrogen-bond donors (Lipinski definition) is 0. The molecular formula is C18H17ClO4S. The first-order chi connectivity index (χ1) is 11.3. The van der Waals surface area contributed by atoms with E-state index < -0.39 is 15.5 Å². The Bertz CT molecular complexity index is 874. The summed E-state index contributed by atoms with van der Waals surface area (Å²) in [6.45, 7) is -0.208. The summed E-state index contributed by atoms with van der Waals surface area (Å²) in [4.78, 5) is 13.2. The van der Waals surface area contributed by atoms with Gasteiger partial charge in [-0.05, 0) is 36.1 Å². The second-order valence-corrected chi connectivity index (χ2v) is 8.12. The Labute approximate surface area is 146 Å². The zero-order valence-electron chi connectivity index (χ0n) is 13.2. The van der Waals surface area contributed by atoms with Gasteiger partial charge >= 0.3 is 0 Å². The van der Waals surface area contributed by atoms with Gasteiger partial charge < -0.3 is 0 Å². The van der Waals surface area contributed by atoms with E-state index in [1.807, 2.05) is 18.2 Å². The van der Waals surface area contributed by atoms with Crippen molar-refractivity contribution in [1.29, 1.82) is 0 Å². The maximum atomic E-state index is 13.2. The molecule has 1 aliphatic rings. The summed E-state index contributed by atoms with van der Waals surface area (Å²) >= 11 is 5.95. The zero-order chi connectivity index (χ0) is 17.4. The van der Waals surface area contributed by atoms with E-state index >= 15 is 0 Å². The Morgan fingerprint density at radius 2 is 1.79 bits per heavy atom. The van der Waals surface area contributed by atoms with Gasteiger partial charge in [-0.25, -0.2) is 0 Å². The number of rotatable bonds is 4. The van der Waals surface area contributed by atoms with Crippen molar-refractivity contribution < 1.29 is 17.4 Å². The Morgan fingerprint density at radius 3 is 2.46 bits per heavy atom. The third kappa shape index (κ3) is 3.24. The molecule has 0 radical (unpaired) electrons. The smallest absolute Gasteiger partial charge is 0.264 e. The fraction of sp³-hybridized carbons (Fsp3) is 0.278. The highest BCUT2D eigenvalue weighted by atomic mass is 35.5. The van der Waals surface area contributed by atoms with Crippen molar-refractivity contribution in [1.82, 2.24) is 0 Å². The Balaban J connectivity index is 2.09. The molecule has 0 amide bonds. The summed E-state index contributed by atoms with van der Waals surface area (Å²) in [6.07, 6.45) is 2.15. The molecule has 0 spiro atoms. The summed E-state index contributed by atoms with van der Waals surface area (Å²) in [6, 6.07) is 14.3. The predicted octanol–water partition coefficient (Wildman–Crippen LogP) is 3.38. The average Bonchev–Trinajstić information content (AvgIpc) is 2.55. The van der Waals surface area contributed by atoms with E-state index in [2.05, 4.69) is 0 Å². The number of benzene rings is 2. The molecule has 1 atom stereocenters. The molecule has 2 aromatic rings. The summed E-state index contributed by atoms with van der Waals surface area (Å²) in [5.41, 5.74) is 1.29. The first-order valence-corrected chi connectivity index (χ1v) is 9.74. The number of aryl methyl sites for hydroxylation is 1. The number of hydrogen-bond acceptors (Lipinski definition) is 4. The van der Waals surface area contributed by atoms with Crippen molar-refractivity contribution in [2.45, 2.75) is 18.3 Å². The van der Waals surface area contributed by atoms with Gasteiger partial charge in [-0.15, -0.1) is 0 Å². The van der Waals surface area contributed by atoms with Crippen LogP contribution in [0.5, 0.6) is 0 Å². The number of Topliss-reactive ketones (excluding diaryl/α,β-unsaturated/α-hetero) is 1. The van der Waals surface area contributed by atoms with Crippen LogP contribution in [0, 0.1) is 0 Å². The molecule has 24 heavy (non-hydrogen) atoms. The lowest BCUT2D eigenvalue weighted by molar-refractivity contribution is 0.0795. The van der Waals surface area contributed by atoms with Crippen molar-refractivity contribution in [3.05, 3.63) is 70.2 Å². The highest BCUT2D eigenvalue weighted by Gasteiger charge is 2.45. The standard InChI is InChI=1S/C18H17ClO4S/c1-24(21,22)23-12-18(14-6-8-15(19)9-7-14)11-10-13-4-2-3-5-16(13)17(18)20/h2-9H,10-12H2,1H3. The molecule has 126 valence electrons. The minimum absolute atomic E-state index is 0.115. The van der Waals surface area contributed by atoms with Crippen LogP contribution in [0.4, 0.5) is 0 Å². The molecule has 1 unspecified atom stereocenters. The summed E-state index contributed by atoms with van der Waals surface area (Å²) in [5.74, 6) is -0.115. The molecule has 0 saturated carbocycles. The second-order valence-electron chi connectivity index (χ2n) is 6.04. The maximum Gasteiger partial charge on any atom is 0.264 e. The number of carbonyl (C=O) groups is 1. The average molecular weight is 365 g/mol. The molecule has 0 aromatic heterocycles. The largest absolute Gasteiger partial charge is 0.293 e. The molecule has 0 saturated heterocycles. The quantitative estimate of drug-likeness (QED) is 0.780. The van der Waals surface area contributed by atoms with E-state index in [-0.39, 0.29) is 12.4 Å². The summed E-state index contributed by atoms with van der Waals surface area (Å²) < 4.78 is 28.1. The molecule has 4 nitrogen and oxygen atoms in total. The van der Waals surface area contributed by atoms with Gasteiger partial charge in [0.05, 0.1) is 18.3 Å². The fourth-order valence-corrected chi connectivity index (χ4v) is 3.69. The maximum absolute atomic E-state index is 13.2. The lowest BCUT2D eigenvalue weighted by Gasteiger charge is -2.36. The van der Waals surface area contributed by atoms with E-state index in [0.29, 0.717) is 23.4 Å². The van der Waals surface area contributed by atoms with Crippen LogP contribution in [-0.4, -0.2) is 27.1 Å². The molecule has 3 rings (SSSR count). The van der Waals surface area contributed by atoms with Crippen molar-refractivity contribution in [2.24, 2.45) is 0 Å². The van der Waals surface area contributed by atoms with Crippen LogP contribution in [0.1, 0.15) is 27.9 Å². The summed E-state index contributed by atoms with van der Waals surface area (Å²) in [7, 11) is -3.66. The Kier molecular flexibility index (Phi) is 4.51. The topological polar surface area (TPSA) is 60.4 Å². The molecule has 0 aliphatic heterocycles. The van der Waals surface area contributed by atoms with Gasteiger partial charge in [0.1, 0.15) is 0 Å². The Hall–Kier alpha value is -1.69. The van der Waals surface area contributed by atoms with Crippen LogP contribution in [0.15, 0.2) is 48.5 Å². The first kappa shape index (κ1) is 17.1. The predicted molar refractivity (Wildman–Crippen MR) is 93.0 cm³/mol. The van der Waals surface area contributed by atoms with E-state index in [1.165, 1.54) is 0 Å². The molecular weight excluding hydrogens is 348 g/mol. The van der Waals surface area contributed by atoms with Gasteiger partial charge in [0, 0.05) is 10.6 Å². The van der Waals surface area contributed by atoms with E-state index in [1.54, 1.807) is 30.3 Å². The van der Waals surface area contributed by atoms with Crippen LogP contribution < -0.4 is 0 Å². The molecule has 1 aliphatic carbocycles. The van der Waals surface area contributed by atoms with Crippen LogP contribution in [0.25, 0.3) is 0 Å². The zero-order valence-corrected chi connectivity index (χ0v) is 14.7. The number of ketones is 1. The highest BCUT2D eigenvalue weighted by molar-refractivity contribution is 7.85. The van der Waals surface area contributed by atoms with E-state index in [9.17, 15) is 13.2 Å². The lowest BCUT2D eigenvalue weighted by Crippen LogP contribution is -2.44. The van der Waals surface area contributed by atoms with Crippen LogP contribution >= 0.6 is 11.6 Å². The SMILES string of the molecule is CS(=O)(=O)OCC1(c2ccc(Cl)cc2)CCc2ccccc2C1=O. The molecule has 6 heteroatoms. The van der Waals surface area contributed by atoms with Gasteiger partial charge in [-0.2, -0.15) is 8.42 Å². The molecule has 0 fully saturated rings. The lowest BCUT2D eigenvalue weighted by atomic mass is 9.67. The van der Waals surface area contributed by atoms with Gasteiger partial charge in [0.15, 0.2) is 5.78 Å². The monoisotopic (exact) mass is 364 g/mol. The normalized spacial score (nSPS) is 20.7. The Morgan fingerprint density at radius 1 is 1.12 bits per heavy atom. The van der Waals surface area contributed by atoms with Crippen molar-refractivity contribution in [3.8, 4) is 0 Å². The molecule has 0 bridgehead atoms. The highest BCUT2D eigenvalue weighted by Crippen LogP contribution is 2.39. The molecule has 0 heterocycles. The molecule has 2 aromatic carbocycles. The number of halogens is 1. The van der Waals surface area contributed by atoms with Crippen LogP contribution in [-0.2, 0) is 26.1 Å². The second kappa shape index (κ2) is 6.31. The van der Waals surface area contributed by atoms with Crippen molar-refractivity contribution in [3.63, 3.8) is 0 Å².